The number of carbonyl (C=O) groups excluding carboxylic acids is 3. The number of carbonyl (C=O) groups is 3. The van der Waals surface area contributed by atoms with Gasteiger partial charge < -0.3 is 10.2 Å². The number of rotatable bonds is 3. The SMILES string of the molecule is CC1CN(C(=O)C(C(C)C)N2C(=O)c3ccccc3C2=O)CCN1.Cl. The molecule has 2 heterocycles. The van der Waals surface area contributed by atoms with Gasteiger partial charge in [-0.15, -0.1) is 12.4 Å². The van der Waals surface area contributed by atoms with E-state index in [0.29, 0.717) is 24.2 Å². The summed E-state index contributed by atoms with van der Waals surface area (Å²) in [6, 6.07) is 6.20. The molecule has 6 nitrogen and oxygen atoms in total. The summed E-state index contributed by atoms with van der Waals surface area (Å²) in [4.78, 5) is 41.4. The molecule has 0 aliphatic carbocycles. The van der Waals surface area contributed by atoms with Gasteiger partial charge in [-0.2, -0.15) is 0 Å². The van der Waals surface area contributed by atoms with Crippen molar-refractivity contribution < 1.29 is 14.4 Å². The maximum atomic E-state index is 13.1. The molecule has 3 rings (SSSR count). The van der Waals surface area contributed by atoms with E-state index >= 15 is 0 Å². The molecule has 1 aromatic carbocycles. The minimum atomic E-state index is -0.761. The molecule has 0 aromatic heterocycles. The molecule has 0 spiro atoms. The van der Waals surface area contributed by atoms with Crippen molar-refractivity contribution in [1.29, 1.82) is 0 Å². The van der Waals surface area contributed by atoms with Crippen molar-refractivity contribution in [2.24, 2.45) is 5.92 Å². The Morgan fingerprint density at radius 3 is 2.20 bits per heavy atom. The van der Waals surface area contributed by atoms with Crippen LogP contribution >= 0.6 is 12.4 Å². The second-order valence-corrected chi connectivity index (χ2v) is 6.85. The molecule has 25 heavy (non-hydrogen) atoms. The lowest BCUT2D eigenvalue weighted by molar-refractivity contribution is -0.138. The lowest BCUT2D eigenvalue weighted by Crippen LogP contribution is -2.58. The van der Waals surface area contributed by atoms with E-state index in [2.05, 4.69) is 5.32 Å². The van der Waals surface area contributed by atoms with Crippen molar-refractivity contribution in [3.63, 3.8) is 0 Å². The zero-order chi connectivity index (χ0) is 17.4. The van der Waals surface area contributed by atoms with Crippen molar-refractivity contribution in [1.82, 2.24) is 15.1 Å². The van der Waals surface area contributed by atoms with Crippen LogP contribution in [-0.2, 0) is 4.79 Å². The summed E-state index contributed by atoms with van der Waals surface area (Å²) in [7, 11) is 0. The van der Waals surface area contributed by atoms with Gasteiger partial charge >= 0.3 is 0 Å². The normalized spacial score (nSPS) is 21.2. The number of halogens is 1. The zero-order valence-electron chi connectivity index (χ0n) is 14.7. The van der Waals surface area contributed by atoms with Crippen LogP contribution in [0, 0.1) is 5.92 Å². The number of nitrogens with zero attached hydrogens (tertiary/aromatic N) is 2. The Morgan fingerprint density at radius 1 is 1.16 bits per heavy atom. The average molecular weight is 366 g/mol. The molecule has 7 heteroatoms. The minimum absolute atomic E-state index is 0. The van der Waals surface area contributed by atoms with Gasteiger partial charge in [-0.05, 0) is 25.0 Å². The first kappa shape index (κ1) is 19.4. The van der Waals surface area contributed by atoms with E-state index in [1.165, 1.54) is 0 Å². The summed E-state index contributed by atoms with van der Waals surface area (Å²) in [6.07, 6.45) is 0. The molecule has 0 saturated carbocycles. The first-order valence-corrected chi connectivity index (χ1v) is 8.41. The first-order chi connectivity index (χ1) is 11.4. The quantitative estimate of drug-likeness (QED) is 0.825. The van der Waals surface area contributed by atoms with Gasteiger partial charge in [-0.1, -0.05) is 26.0 Å². The molecule has 1 N–H and O–H groups in total. The first-order valence-electron chi connectivity index (χ1n) is 8.41. The predicted octanol–water partition coefficient (Wildman–Crippen LogP) is 1.55. The lowest BCUT2D eigenvalue weighted by Gasteiger charge is -2.37. The molecule has 1 saturated heterocycles. The van der Waals surface area contributed by atoms with E-state index in [1.54, 1.807) is 29.2 Å². The Labute approximate surface area is 154 Å². The molecule has 2 aliphatic heterocycles. The number of piperazine rings is 1. The highest BCUT2D eigenvalue weighted by atomic mass is 35.5. The maximum Gasteiger partial charge on any atom is 0.262 e. The number of hydrogen-bond donors (Lipinski definition) is 1. The summed E-state index contributed by atoms with van der Waals surface area (Å²) < 4.78 is 0. The standard InChI is InChI=1S/C18H23N3O3.ClH/c1-11(2)15(18(24)20-9-8-19-12(3)10-20)21-16(22)13-6-4-5-7-14(13)17(21)23;/h4-7,11-12,15,19H,8-10H2,1-3H3;1H. The third-order valence-corrected chi connectivity index (χ3v) is 4.67. The van der Waals surface area contributed by atoms with Crippen molar-refractivity contribution in [2.45, 2.75) is 32.9 Å². The van der Waals surface area contributed by atoms with Gasteiger partial charge in [-0.25, -0.2) is 0 Å². The van der Waals surface area contributed by atoms with Crippen LogP contribution in [0.5, 0.6) is 0 Å². The van der Waals surface area contributed by atoms with Crippen molar-refractivity contribution in [3.8, 4) is 0 Å². The van der Waals surface area contributed by atoms with Gasteiger partial charge in [-0.3, -0.25) is 19.3 Å². The highest BCUT2D eigenvalue weighted by molar-refractivity contribution is 6.22. The summed E-state index contributed by atoms with van der Waals surface area (Å²) in [5, 5.41) is 3.29. The number of imide groups is 1. The molecule has 1 aromatic rings. The van der Waals surface area contributed by atoms with Crippen molar-refractivity contribution >= 4 is 30.1 Å². The van der Waals surface area contributed by atoms with Crippen molar-refractivity contribution in [2.75, 3.05) is 19.6 Å². The second-order valence-electron chi connectivity index (χ2n) is 6.85. The van der Waals surface area contributed by atoms with Crippen LogP contribution < -0.4 is 5.32 Å². The van der Waals surface area contributed by atoms with Crippen LogP contribution in [0.25, 0.3) is 0 Å². The molecule has 2 aliphatic rings. The summed E-state index contributed by atoms with van der Waals surface area (Å²) in [6.45, 7) is 7.67. The summed E-state index contributed by atoms with van der Waals surface area (Å²) >= 11 is 0. The minimum Gasteiger partial charge on any atom is -0.338 e. The van der Waals surface area contributed by atoms with E-state index in [-0.39, 0.29) is 42.1 Å². The fraction of sp³-hybridized carbons (Fsp3) is 0.500. The Bertz CT molecular complexity index is 657. The Hall–Kier alpha value is -1.92. The van der Waals surface area contributed by atoms with E-state index in [0.717, 1.165) is 11.4 Å². The topological polar surface area (TPSA) is 69.7 Å². The summed E-state index contributed by atoms with van der Waals surface area (Å²) in [5.74, 6) is -1.03. The molecular formula is C18H24ClN3O3. The lowest BCUT2D eigenvalue weighted by atomic mass is 10.00. The van der Waals surface area contributed by atoms with Crippen molar-refractivity contribution in [3.05, 3.63) is 35.4 Å². The average Bonchev–Trinajstić information content (AvgIpc) is 2.80. The van der Waals surface area contributed by atoms with Gasteiger partial charge in [0, 0.05) is 25.7 Å². The fourth-order valence-electron chi connectivity index (χ4n) is 3.47. The number of fused-ring (bicyclic) bond motifs is 1. The number of nitrogens with one attached hydrogen (secondary N) is 1. The third kappa shape index (κ3) is 3.41. The van der Waals surface area contributed by atoms with Crippen LogP contribution in [0.15, 0.2) is 24.3 Å². The summed E-state index contributed by atoms with van der Waals surface area (Å²) in [5.41, 5.74) is 0.768. The highest BCUT2D eigenvalue weighted by Crippen LogP contribution is 2.28. The molecule has 2 unspecified atom stereocenters. The van der Waals surface area contributed by atoms with Gasteiger partial charge in [0.15, 0.2) is 0 Å². The number of benzene rings is 1. The zero-order valence-corrected chi connectivity index (χ0v) is 15.5. The smallest absolute Gasteiger partial charge is 0.262 e. The van der Waals surface area contributed by atoms with Crippen LogP contribution in [0.4, 0.5) is 0 Å². The molecule has 0 radical (unpaired) electrons. The van der Waals surface area contributed by atoms with E-state index < -0.39 is 6.04 Å². The molecule has 2 atom stereocenters. The van der Waals surface area contributed by atoms with Gasteiger partial charge in [0.1, 0.15) is 6.04 Å². The Morgan fingerprint density at radius 2 is 1.72 bits per heavy atom. The fourth-order valence-corrected chi connectivity index (χ4v) is 3.47. The van der Waals surface area contributed by atoms with Gasteiger partial charge in [0.25, 0.3) is 11.8 Å². The Balaban J connectivity index is 0.00000225. The van der Waals surface area contributed by atoms with Crippen LogP contribution in [0.1, 0.15) is 41.5 Å². The monoisotopic (exact) mass is 365 g/mol. The maximum absolute atomic E-state index is 13.1. The van der Waals surface area contributed by atoms with Gasteiger partial charge in [0.05, 0.1) is 11.1 Å². The van der Waals surface area contributed by atoms with Crippen LogP contribution in [-0.4, -0.2) is 59.2 Å². The van der Waals surface area contributed by atoms with Crippen LogP contribution in [0.2, 0.25) is 0 Å². The van der Waals surface area contributed by atoms with E-state index in [9.17, 15) is 14.4 Å². The predicted molar refractivity (Wildman–Crippen MR) is 96.9 cm³/mol. The molecule has 3 amide bonds. The Kier molecular flexibility index (Phi) is 5.85. The van der Waals surface area contributed by atoms with Gasteiger partial charge in [0.2, 0.25) is 5.91 Å². The largest absolute Gasteiger partial charge is 0.338 e. The second kappa shape index (κ2) is 7.54. The highest BCUT2D eigenvalue weighted by Gasteiger charge is 2.45. The number of amides is 3. The molecular weight excluding hydrogens is 342 g/mol. The molecule has 0 bridgehead atoms. The van der Waals surface area contributed by atoms with E-state index in [4.69, 9.17) is 0 Å². The number of hydrogen-bond acceptors (Lipinski definition) is 4. The van der Waals surface area contributed by atoms with Crippen LogP contribution in [0.3, 0.4) is 0 Å². The molecule has 1 fully saturated rings. The van der Waals surface area contributed by atoms with E-state index in [1.807, 2.05) is 20.8 Å². The third-order valence-electron chi connectivity index (χ3n) is 4.67. The molecule has 136 valence electrons.